The summed E-state index contributed by atoms with van der Waals surface area (Å²) in [5.41, 5.74) is -0.103. The number of nitrogens with zero attached hydrogens (tertiary/aromatic N) is 1. The van der Waals surface area contributed by atoms with Gasteiger partial charge in [-0.1, -0.05) is 0 Å². The smallest absolute Gasteiger partial charge is 0.277 e. The Labute approximate surface area is 74.7 Å². The summed E-state index contributed by atoms with van der Waals surface area (Å²) in [7, 11) is 0. The summed E-state index contributed by atoms with van der Waals surface area (Å²) in [6.45, 7) is 2.70. The maximum atomic E-state index is 10.9. The molecule has 1 aromatic heterocycles. The zero-order valence-electron chi connectivity index (χ0n) is 5.32. The number of hydrogen-bond donors (Lipinski definition) is 1. The Morgan fingerprint density at radius 3 is 2.40 bits per heavy atom. The lowest BCUT2D eigenvalue weighted by Gasteiger charge is -1.95. The first-order valence-corrected chi connectivity index (χ1v) is 4.39. The Kier molecular flexibility index (Phi) is 2.36. The quantitative estimate of drug-likeness (QED) is 0.828. The molecule has 0 bridgehead atoms. The van der Waals surface area contributed by atoms with Crippen molar-refractivity contribution < 1.29 is 0 Å². The van der Waals surface area contributed by atoms with Crippen molar-refractivity contribution in [1.82, 2.24) is 9.78 Å². The van der Waals surface area contributed by atoms with E-state index in [-0.39, 0.29) is 5.56 Å². The van der Waals surface area contributed by atoms with E-state index in [9.17, 15) is 4.79 Å². The third-order valence-corrected chi connectivity index (χ3v) is 3.26. The van der Waals surface area contributed by atoms with Crippen LogP contribution in [-0.2, 0) is 6.54 Å². The lowest BCUT2D eigenvalue weighted by atomic mass is 10.7. The molecule has 5 heteroatoms. The molecule has 0 aliphatic carbocycles. The van der Waals surface area contributed by atoms with Crippen molar-refractivity contribution in [3.63, 3.8) is 0 Å². The summed E-state index contributed by atoms with van der Waals surface area (Å²) in [6, 6.07) is 0. The predicted octanol–water partition coefficient (Wildman–Crippen LogP) is 1.72. The number of hydrogen-bond acceptors (Lipinski definition) is 1. The Morgan fingerprint density at radius 2 is 2.20 bits per heavy atom. The zero-order valence-corrected chi connectivity index (χ0v) is 8.49. The Hall–Kier alpha value is -0.0300. The second-order valence-corrected chi connectivity index (χ2v) is 3.33. The molecule has 1 N–H and O–H groups in total. The van der Waals surface area contributed by atoms with Crippen molar-refractivity contribution in [2.75, 3.05) is 0 Å². The highest BCUT2D eigenvalue weighted by atomic mass is 79.9. The molecule has 0 spiro atoms. The minimum absolute atomic E-state index is 0.103. The van der Waals surface area contributed by atoms with Gasteiger partial charge >= 0.3 is 0 Å². The highest BCUT2D eigenvalue weighted by Gasteiger charge is 2.06. The predicted molar refractivity (Wildman–Crippen MR) is 46.1 cm³/mol. The molecule has 1 aromatic rings. The monoisotopic (exact) mass is 268 g/mol. The third kappa shape index (κ3) is 1.20. The van der Waals surface area contributed by atoms with E-state index in [1.54, 1.807) is 4.68 Å². The molecule has 0 aliphatic heterocycles. The van der Waals surface area contributed by atoms with Gasteiger partial charge in [0.1, 0.15) is 9.08 Å². The maximum Gasteiger partial charge on any atom is 0.279 e. The van der Waals surface area contributed by atoms with Crippen molar-refractivity contribution >= 4 is 31.9 Å². The van der Waals surface area contributed by atoms with Gasteiger partial charge < -0.3 is 0 Å². The van der Waals surface area contributed by atoms with Crippen LogP contribution in [0.15, 0.2) is 13.9 Å². The van der Waals surface area contributed by atoms with Gasteiger partial charge in [-0.25, -0.2) is 0 Å². The van der Waals surface area contributed by atoms with Gasteiger partial charge in [0, 0.05) is 6.54 Å². The molecule has 0 atom stereocenters. The Bertz CT molecular complexity index is 288. The highest BCUT2D eigenvalue weighted by Crippen LogP contribution is 2.17. The molecule has 0 saturated carbocycles. The third-order valence-electron chi connectivity index (χ3n) is 1.17. The van der Waals surface area contributed by atoms with E-state index >= 15 is 0 Å². The second-order valence-electron chi connectivity index (χ2n) is 1.79. The summed E-state index contributed by atoms with van der Waals surface area (Å²) >= 11 is 6.38. The molecular formula is C5H6Br2N2O. The minimum atomic E-state index is -0.103. The molecular weight excluding hydrogens is 264 g/mol. The minimum Gasteiger partial charge on any atom is -0.277 e. The SMILES string of the molecule is CCn1[nH]c(=O)c(Br)c1Br. The first-order chi connectivity index (χ1) is 4.66. The van der Waals surface area contributed by atoms with Gasteiger partial charge in [-0.3, -0.25) is 14.6 Å². The van der Waals surface area contributed by atoms with Crippen LogP contribution in [0.3, 0.4) is 0 Å². The van der Waals surface area contributed by atoms with E-state index in [0.717, 1.165) is 11.1 Å². The molecule has 0 amide bonds. The van der Waals surface area contributed by atoms with Gasteiger partial charge in [0.15, 0.2) is 0 Å². The lowest BCUT2D eigenvalue weighted by molar-refractivity contribution is 0.639. The van der Waals surface area contributed by atoms with Gasteiger partial charge in [0.05, 0.1) is 0 Å². The summed E-state index contributed by atoms with van der Waals surface area (Å²) < 4.78 is 3.03. The van der Waals surface area contributed by atoms with Crippen LogP contribution in [0.25, 0.3) is 0 Å². The van der Waals surface area contributed by atoms with E-state index in [1.165, 1.54) is 0 Å². The van der Waals surface area contributed by atoms with Gasteiger partial charge in [0.2, 0.25) is 0 Å². The van der Waals surface area contributed by atoms with Crippen molar-refractivity contribution in [1.29, 1.82) is 0 Å². The van der Waals surface area contributed by atoms with Crippen LogP contribution < -0.4 is 5.56 Å². The van der Waals surface area contributed by atoms with Crippen LogP contribution in [0.4, 0.5) is 0 Å². The molecule has 10 heavy (non-hydrogen) atoms. The van der Waals surface area contributed by atoms with E-state index in [2.05, 4.69) is 37.0 Å². The number of aromatic amines is 1. The topological polar surface area (TPSA) is 37.8 Å². The Morgan fingerprint density at radius 1 is 1.60 bits per heavy atom. The van der Waals surface area contributed by atoms with E-state index in [0.29, 0.717) is 4.47 Å². The number of halogens is 2. The van der Waals surface area contributed by atoms with Crippen LogP contribution in [-0.4, -0.2) is 9.78 Å². The molecule has 1 heterocycles. The molecule has 0 aliphatic rings. The fourth-order valence-corrected chi connectivity index (χ4v) is 1.47. The molecule has 0 saturated heterocycles. The molecule has 1 rings (SSSR count). The fourth-order valence-electron chi connectivity index (χ4n) is 0.651. The summed E-state index contributed by atoms with van der Waals surface area (Å²) in [5.74, 6) is 0. The zero-order chi connectivity index (χ0) is 7.72. The van der Waals surface area contributed by atoms with Gasteiger partial charge in [-0.15, -0.1) is 0 Å². The molecule has 0 radical (unpaired) electrons. The lowest BCUT2D eigenvalue weighted by Crippen LogP contribution is -2.04. The Balaban J connectivity index is 3.31. The van der Waals surface area contributed by atoms with Crippen molar-refractivity contribution in [2.24, 2.45) is 0 Å². The van der Waals surface area contributed by atoms with E-state index < -0.39 is 0 Å². The van der Waals surface area contributed by atoms with E-state index in [4.69, 9.17) is 0 Å². The maximum absolute atomic E-state index is 10.9. The molecule has 3 nitrogen and oxygen atoms in total. The van der Waals surface area contributed by atoms with Gasteiger partial charge in [0.25, 0.3) is 5.56 Å². The van der Waals surface area contributed by atoms with Crippen molar-refractivity contribution in [3.8, 4) is 0 Å². The number of nitrogens with one attached hydrogen (secondary N) is 1. The molecule has 56 valence electrons. The number of aryl methyl sites for hydroxylation is 1. The summed E-state index contributed by atoms with van der Waals surface area (Å²) in [4.78, 5) is 10.9. The highest BCUT2D eigenvalue weighted by molar-refractivity contribution is 9.13. The number of aromatic nitrogens is 2. The van der Waals surface area contributed by atoms with Crippen LogP contribution in [0.5, 0.6) is 0 Å². The first kappa shape index (κ1) is 8.07. The fraction of sp³-hybridized carbons (Fsp3) is 0.400. The van der Waals surface area contributed by atoms with Gasteiger partial charge in [-0.2, -0.15) is 0 Å². The normalized spacial score (nSPS) is 10.3. The van der Waals surface area contributed by atoms with Crippen LogP contribution in [0.2, 0.25) is 0 Å². The van der Waals surface area contributed by atoms with Crippen LogP contribution in [0, 0.1) is 0 Å². The van der Waals surface area contributed by atoms with Gasteiger partial charge in [-0.05, 0) is 38.8 Å². The standard InChI is InChI=1S/C5H6Br2N2O/c1-2-9-4(7)3(6)5(10)8-9/h2H2,1H3,(H,8,10). The van der Waals surface area contributed by atoms with Crippen molar-refractivity contribution in [3.05, 3.63) is 19.4 Å². The first-order valence-electron chi connectivity index (χ1n) is 2.80. The molecule has 0 fully saturated rings. The average molecular weight is 270 g/mol. The summed E-state index contributed by atoms with van der Waals surface area (Å²) in [5, 5.41) is 2.63. The van der Waals surface area contributed by atoms with Crippen molar-refractivity contribution in [2.45, 2.75) is 13.5 Å². The number of rotatable bonds is 1. The molecule has 0 unspecified atom stereocenters. The largest absolute Gasteiger partial charge is 0.279 e. The molecule has 0 aromatic carbocycles. The van der Waals surface area contributed by atoms with Crippen LogP contribution >= 0.6 is 31.9 Å². The second kappa shape index (κ2) is 2.92. The van der Waals surface area contributed by atoms with Crippen LogP contribution in [0.1, 0.15) is 6.92 Å². The number of H-pyrrole nitrogens is 1. The summed E-state index contributed by atoms with van der Waals surface area (Å²) in [6.07, 6.45) is 0. The van der Waals surface area contributed by atoms with E-state index in [1.807, 2.05) is 6.92 Å². The average Bonchev–Trinajstić information content (AvgIpc) is 2.17.